The van der Waals surface area contributed by atoms with Crippen molar-refractivity contribution in [3.8, 4) is 11.4 Å². The molecule has 0 radical (unpaired) electrons. The summed E-state index contributed by atoms with van der Waals surface area (Å²) in [6.45, 7) is 2.78. The number of aliphatic carboxylic acids is 1. The van der Waals surface area contributed by atoms with Gasteiger partial charge in [-0.3, -0.25) is 57.6 Å². The van der Waals surface area contributed by atoms with E-state index in [2.05, 4.69) is 21.3 Å². The van der Waals surface area contributed by atoms with Crippen LogP contribution >= 0.6 is 0 Å². The third-order valence-electron chi connectivity index (χ3n) is 15.8. The molecule has 0 spiro atoms. The fourth-order valence-corrected chi connectivity index (χ4v) is 11.2. The van der Waals surface area contributed by atoms with Crippen LogP contribution in [0.2, 0.25) is 0 Å². The number of ketones is 3. The van der Waals surface area contributed by atoms with E-state index >= 15 is 4.39 Å². The van der Waals surface area contributed by atoms with Crippen LogP contribution in [0.5, 0.6) is 0 Å². The van der Waals surface area contributed by atoms with Crippen LogP contribution in [0.15, 0.2) is 59.4 Å². The number of rotatable bonds is 29. The number of halogens is 1. The Morgan fingerprint density at radius 3 is 2.28 bits per heavy atom. The van der Waals surface area contributed by atoms with Crippen molar-refractivity contribution < 1.29 is 72.1 Å². The van der Waals surface area contributed by atoms with Crippen LogP contribution in [0.3, 0.4) is 0 Å². The van der Waals surface area contributed by atoms with Crippen molar-refractivity contribution in [2.45, 2.75) is 147 Å². The average molecular weight is 1140 g/mol. The SMILES string of the molecule is CC[C@@]1(O)C(=O)OCc2c1cc1n(c2=O)Cc2c-1nc1cc(F)c(C)c3c1c2[C@@H](NC(=O)CCCNC(=O)CCC(=O)C(Cc1ccccc1)NC(=O)CCC(=O)CNC(=O)[C@H](CC(=O)O)CC(=O)CCCCCN1C(=O)C=CC1=O)CC3. The minimum Gasteiger partial charge on any atom is -0.481 e. The zero-order chi connectivity index (χ0) is 59.7. The number of fused-ring (bicyclic) bond motifs is 5. The first kappa shape index (κ1) is 60.5. The number of imide groups is 1. The number of benzene rings is 2. The molecule has 4 aromatic rings. The maximum absolute atomic E-state index is 15.4. The summed E-state index contributed by atoms with van der Waals surface area (Å²) < 4.78 is 22.1. The van der Waals surface area contributed by atoms with Gasteiger partial charge < -0.3 is 40.8 Å². The number of carboxylic acid groups (broad SMARTS) is 1. The van der Waals surface area contributed by atoms with Gasteiger partial charge in [-0.1, -0.05) is 43.7 Å². The molecule has 4 aliphatic rings. The number of Topliss-reactive ketones (excluding diaryl/α,β-unsaturated/α-hetero) is 3. The smallest absolute Gasteiger partial charge is 0.343 e. The number of hydrogen-bond donors (Lipinski definition) is 6. The number of hydrogen-bond acceptors (Lipinski definition) is 15. The quantitative estimate of drug-likeness (QED) is 0.0226. The molecular weight excluding hydrogens is 1080 g/mol. The van der Waals surface area contributed by atoms with E-state index in [1.807, 2.05) is 0 Å². The number of carboxylic acids is 1. The number of amides is 6. The second-order valence-electron chi connectivity index (χ2n) is 21.5. The summed E-state index contributed by atoms with van der Waals surface area (Å²) in [6.07, 6.45) is 2.60. The molecule has 8 rings (SSSR count). The summed E-state index contributed by atoms with van der Waals surface area (Å²) in [6, 6.07) is 10.1. The van der Waals surface area contributed by atoms with E-state index in [1.165, 1.54) is 22.8 Å². The van der Waals surface area contributed by atoms with E-state index in [-0.39, 0.29) is 113 Å². The van der Waals surface area contributed by atoms with Crippen LogP contribution in [0.25, 0.3) is 22.3 Å². The van der Waals surface area contributed by atoms with Gasteiger partial charge in [0.15, 0.2) is 17.2 Å². The number of nitrogens with one attached hydrogen (secondary N) is 4. The fraction of sp³-hybridized carbons (Fsp3) is 0.450. The molecule has 1 unspecified atom stereocenters. The topological polar surface area (TPSA) is 324 Å². The van der Waals surface area contributed by atoms with E-state index in [9.17, 15) is 67.7 Å². The Labute approximate surface area is 476 Å². The van der Waals surface area contributed by atoms with Crippen LogP contribution in [-0.4, -0.2) is 115 Å². The Morgan fingerprint density at radius 1 is 0.819 bits per heavy atom. The number of carbonyl (C=O) groups is 11. The predicted octanol–water partition coefficient (Wildman–Crippen LogP) is 3.60. The lowest BCUT2D eigenvalue weighted by atomic mass is 9.81. The van der Waals surface area contributed by atoms with Gasteiger partial charge in [-0.15, -0.1) is 0 Å². The van der Waals surface area contributed by atoms with Crippen molar-refractivity contribution in [3.63, 3.8) is 0 Å². The first-order chi connectivity index (χ1) is 39.7. The van der Waals surface area contributed by atoms with Gasteiger partial charge in [0, 0.05) is 92.8 Å². The number of carbonyl (C=O) groups excluding carboxylic acids is 10. The van der Waals surface area contributed by atoms with Crippen molar-refractivity contribution in [1.29, 1.82) is 0 Å². The number of aromatic nitrogens is 2. The number of aliphatic hydroxyl groups is 1. The lowest BCUT2D eigenvalue weighted by molar-refractivity contribution is -0.172. The van der Waals surface area contributed by atoms with E-state index in [0.29, 0.717) is 76.6 Å². The minimum absolute atomic E-state index is 0.00112. The zero-order valence-corrected chi connectivity index (χ0v) is 46.2. The lowest BCUT2D eigenvalue weighted by Crippen LogP contribution is -2.44. The van der Waals surface area contributed by atoms with Crippen LogP contribution in [-0.2, 0) is 89.1 Å². The maximum Gasteiger partial charge on any atom is 0.343 e. The molecule has 83 heavy (non-hydrogen) atoms. The van der Waals surface area contributed by atoms with Crippen LogP contribution in [0.4, 0.5) is 4.39 Å². The summed E-state index contributed by atoms with van der Waals surface area (Å²) in [5.41, 5.74) is 2.07. The van der Waals surface area contributed by atoms with Gasteiger partial charge in [0.25, 0.3) is 17.4 Å². The van der Waals surface area contributed by atoms with E-state index in [1.54, 1.807) is 50.2 Å². The van der Waals surface area contributed by atoms with Gasteiger partial charge in [-0.2, -0.15) is 0 Å². The number of unbranched alkanes of at least 4 members (excludes halogenated alkanes) is 2. The molecule has 3 aliphatic heterocycles. The second-order valence-corrected chi connectivity index (χ2v) is 21.5. The number of cyclic esters (lactones) is 1. The molecule has 6 amide bonds. The van der Waals surface area contributed by atoms with Crippen molar-refractivity contribution in [2.75, 3.05) is 19.6 Å². The summed E-state index contributed by atoms with van der Waals surface area (Å²) in [4.78, 5) is 160. The van der Waals surface area contributed by atoms with Crippen LogP contribution < -0.4 is 26.8 Å². The molecule has 2 aromatic carbocycles. The van der Waals surface area contributed by atoms with Gasteiger partial charge in [0.1, 0.15) is 18.2 Å². The molecule has 438 valence electrons. The third-order valence-corrected chi connectivity index (χ3v) is 15.8. The van der Waals surface area contributed by atoms with Gasteiger partial charge in [0.05, 0.1) is 60.0 Å². The van der Waals surface area contributed by atoms with Crippen LogP contribution in [0, 0.1) is 18.7 Å². The molecule has 0 bridgehead atoms. The highest BCUT2D eigenvalue weighted by Gasteiger charge is 2.46. The Balaban J connectivity index is 0.794. The van der Waals surface area contributed by atoms with Crippen molar-refractivity contribution in [2.24, 2.45) is 5.92 Å². The Morgan fingerprint density at radius 2 is 1.55 bits per heavy atom. The minimum atomic E-state index is -2.05. The number of aryl methyl sites for hydroxylation is 1. The first-order valence-electron chi connectivity index (χ1n) is 28.0. The number of ether oxygens (including phenoxy) is 1. The monoisotopic (exact) mass is 1140 g/mol. The Bertz CT molecular complexity index is 3390. The molecule has 0 saturated carbocycles. The van der Waals surface area contributed by atoms with E-state index in [4.69, 9.17) is 9.72 Å². The van der Waals surface area contributed by atoms with Gasteiger partial charge in [-0.25, -0.2) is 14.2 Å². The molecular formula is C60H66FN7O15. The molecule has 2 aromatic heterocycles. The van der Waals surface area contributed by atoms with Crippen molar-refractivity contribution in [3.05, 3.63) is 110 Å². The predicted molar refractivity (Wildman–Crippen MR) is 294 cm³/mol. The number of nitrogens with zero attached hydrogens (tertiary/aromatic N) is 3. The summed E-state index contributed by atoms with van der Waals surface area (Å²) >= 11 is 0. The molecule has 6 N–H and O–H groups in total. The standard InChI is InChI=1S/C60H66FN7O15/c1-3-60(82)41-28-46-56-39(31-68(46)58(80)40(41)32-83-59(60)81)55-43(17-16-38-33(2)42(61)29-45(66-56)54(38)55)64-49(73)14-10-23-62-48(72)20-18-47(71)44(25-34-11-6-4-7-12-34)65-50(74)19-15-37(70)30-63-57(79)35(27-53(77)78)26-36(69)13-8-5-9-24-67-51(75)21-22-52(67)76/h4,6-7,11-12,21-22,28-29,35,43-44,82H,3,5,8-10,13-20,23-27,30-32H2,1-2H3,(H,62,72)(H,63,79)(H,64,73)(H,65,74)(H,77,78)/t35-,43-,44?,60-/m0/s1. The highest BCUT2D eigenvalue weighted by Crippen LogP contribution is 2.46. The van der Waals surface area contributed by atoms with E-state index in [0.717, 1.165) is 10.5 Å². The maximum atomic E-state index is 15.4. The summed E-state index contributed by atoms with van der Waals surface area (Å²) in [5.74, 6) is -8.40. The number of esters is 1. The summed E-state index contributed by atoms with van der Waals surface area (Å²) in [5, 5.41) is 32.4. The van der Waals surface area contributed by atoms with Gasteiger partial charge in [0.2, 0.25) is 23.6 Å². The normalized spacial score (nSPS) is 17.2. The summed E-state index contributed by atoms with van der Waals surface area (Å²) in [7, 11) is 0. The Kier molecular flexibility index (Phi) is 19.3. The Hall–Kier alpha value is -8.60. The highest BCUT2D eigenvalue weighted by atomic mass is 19.1. The molecule has 0 saturated heterocycles. The van der Waals surface area contributed by atoms with Gasteiger partial charge in [-0.05, 0) is 80.2 Å². The molecule has 4 atom stereocenters. The zero-order valence-electron chi connectivity index (χ0n) is 46.2. The van der Waals surface area contributed by atoms with Crippen molar-refractivity contribution in [1.82, 2.24) is 35.7 Å². The number of pyridine rings is 2. The highest BCUT2D eigenvalue weighted by molar-refractivity contribution is 6.12. The molecule has 0 fully saturated rings. The van der Waals surface area contributed by atoms with Gasteiger partial charge >= 0.3 is 11.9 Å². The molecule has 22 nitrogen and oxygen atoms in total. The second kappa shape index (κ2) is 26.5. The van der Waals surface area contributed by atoms with Crippen molar-refractivity contribution >= 4 is 75.6 Å². The average Bonchev–Trinajstić information content (AvgIpc) is 1.88. The molecule has 1 aliphatic carbocycles. The van der Waals surface area contributed by atoms with E-state index < -0.39 is 101 Å². The van der Waals surface area contributed by atoms with Crippen LogP contribution in [0.1, 0.15) is 142 Å². The lowest BCUT2D eigenvalue weighted by Gasteiger charge is -2.31. The molecule has 5 heterocycles. The third kappa shape index (κ3) is 14.0. The largest absolute Gasteiger partial charge is 0.481 e. The molecule has 23 heteroatoms. The fourth-order valence-electron chi connectivity index (χ4n) is 11.2. The first-order valence-corrected chi connectivity index (χ1v) is 28.0.